The molecule has 2 aliphatic heterocycles. The number of benzene rings is 2. The van der Waals surface area contributed by atoms with Crippen molar-refractivity contribution in [1.82, 2.24) is 74.0 Å². The van der Waals surface area contributed by atoms with Crippen LogP contribution in [0.2, 0.25) is 0 Å². The van der Waals surface area contributed by atoms with Gasteiger partial charge in [-0.25, -0.2) is 0 Å². The molecule has 0 saturated carbocycles. The predicted molar refractivity (Wildman–Crippen MR) is 410 cm³/mol. The number of ether oxygens (including phenoxy) is 3. The molecule has 0 aromatic heterocycles. The molecule has 2 unspecified atom stereocenters. The molecule has 4 rings (SSSR count). The lowest BCUT2D eigenvalue weighted by Gasteiger charge is -2.31. The number of guanidine groups is 1. The highest BCUT2D eigenvalue weighted by Gasteiger charge is 2.38. The van der Waals surface area contributed by atoms with Gasteiger partial charge in [0.15, 0.2) is 5.96 Å². The third kappa shape index (κ3) is 39.1. The number of hydrogen-bond acceptors (Lipinski definition) is 25. The minimum atomic E-state index is -1.84. The van der Waals surface area contributed by atoms with Crippen LogP contribution in [0.25, 0.3) is 10.8 Å². The number of carbonyl (C=O) groups is 17. The number of carbonyl (C=O) groups excluding carboxylic acids is 14. The first kappa shape index (κ1) is 95.4. The molecule has 9 atom stereocenters. The van der Waals surface area contributed by atoms with Crippen molar-refractivity contribution in [1.29, 1.82) is 0 Å². The van der Waals surface area contributed by atoms with Gasteiger partial charge < -0.3 is 115 Å². The van der Waals surface area contributed by atoms with Crippen LogP contribution in [0.5, 0.6) is 0 Å². The number of fused-ring (bicyclic) bond motifs is 6. The van der Waals surface area contributed by atoms with E-state index >= 15 is 0 Å². The van der Waals surface area contributed by atoms with Gasteiger partial charge in [-0.2, -0.15) is 0 Å². The number of carboxylic acid groups (broad SMARTS) is 3. The third-order valence-corrected chi connectivity index (χ3v) is 20.1. The van der Waals surface area contributed by atoms with E-state index in [1.807, 2.05) is 32.9 Å². The Balaban J connectivity index is 0.000000786. The number of rotatable bonds is 36. The summed E-state index contributed by atoms with van der Waals surface area (Å²) in [7, 11) is 4.35. The van der Waals surface area contributed by atoms with Crippen LogP contribution in [-0.2, 0) is 102 Å². The molecule has 2 heterocycles. The van der Waals surface area contributed by atoms with Crippen molar-refractivity contribution >= 4 is 162 Å². The lowest BCUT2D eigenvalue weighted by atomic mass is 9.98. The highest BCUT2D eigenvalue weighted by atomic mass is 33.1. The van der Waals surface area contributed by atoms with Crippen LogP contribution in [-0.4, -0.2) is 296 Å². The Morgan fingerprint density at radius 2 is 1.28 bits per heavy atom. The Bertz CT molecular complexity index is 3540. The molecule has 20 N–H and O–H groups in total. The van der Waals surface area contributed by atoms with Crippen molar-refractivity contribution in [3.05, 3.63) is 48.0 Å². The molecule has 0 spiro atoms. The number of aliphatic imine (C=N–C) groups is 1. The Morgan fingerprint density at radius 3 is 1.94 bits per heavy atom. The number of nitrogens with two attached hydrogens (primary N) is 2. The lowest BCUT2D eigenvalue weighted by Crippen LogP contribution is -2.60. The zero-order chi connectivity index (χ0) is 82.4. The van der Waals surface area contributed by atoms with Crippen LogP contribution >= 0.6 is 45.1 Å². The molecule has 0 radical (unpaired) electrons. The van der Waals surface area contributed by atoms with E-state index in [4.69, 9.17) is 30.8 Å². The number of carboxylic acids is 3. The fraction of sp³-hybridized carbons (Fsp3) is 0.582. The predicted octanol–water partition coefficient (Wildman–Crippen LogP) is -5.13. The first-order valence-electron chi connectivity index (χ1n) is 35.1. The van der Waals surface area contributed by atoms with Gasteiger partial charge >= 0.3 is 17.9 Å². The minimum absolute atomic E-state index is 0.00624. The van der Waals surface area contributed by atoms with Gasteiger partial charge in [-0.3, -0.25) is 86.5 Å². The number of likely N-dealkylation sites (N-methyl/N-ethyl adjacent to an activating group) is 1. The van der Waals surface area contributed by atoms with E-state index in [2.05, 4.69) is 74.1 Å². The van der Waals surface area contributed by atoms with Gasteiger partial charge in [0.1, 0.15) is 60.3 Å². The zero-order valence-corrected chi connectivity index (χ0v) is 65.4. The summed E-state index contributed by atoms with van der Waals surface area (Å²) < 4.78 is 15.6. The number of thioether (sulfide) groups is 2. The number of amides is 14. The van der Waals surface area contributed by atoms with E-state index in [1.165, 1.54) is 25.9 Å². The van der Waals surface area contributed by atoms with Crippen LogP contribution < -0.4 is 80.6 Å². The number of hydrogen-bond donors (Lipinski definition) is 18. The van der Waals surface area contributed by atoms with Gasteiger partial charge in [0.05, 0.1) is 57.2 Å². The van der Waals surface area contributed by atoms with Crippen molar-refractivity contribution in [3.8, 4) is 0 Å². The van der Waals surface area contributed by atoms with Crippen LogP contribution in [0.15, 0.2) is 47.5 Å². The molecule has 2 aromatic carbocycles. The first-order chi connectivity index (χ1) is 52.8. The van der Waals surface area contributed by atoms with E-state index in [1.54, 1.807) is 30.3 Å². The fourth-order valence-electron chi connectivity index (χ4n) is 10.2. The molecule has 111 heavy (non-hydrogen) atoms. The topological polar surface area (TPSA) is 603 Å². The molecule has 0 aliphatic carbocycles. The monoisotopic (exact) mass is 1640 g/mol. The summed E-state index contributed by atoms with van der Waals surface area (Å²) in [4.78, 5) is 227. The van der Waals surface area contributed by atoms with Crippen molar-refractivity contribution in [3.63, 3.8) is 0 Å². The fourth-order valence-corrected chi connectivity index (χ4v) is 14.1. The molecule has 2 saturated heterocycles. The van der Waals surface area contributed by atoms with E-state index in [0.717, 1.165) is 50.1 Å². The van der Waals surface area contributed by atoms with Gasteiger partial charge in [0, 0.05) is 77.1 Å². The second kappa shape index (κ2) is 53.2. The summed E-state index contributed by atoms with van der Waals surface area (Å²) in [6.45, 7) is 5.44. The minimum Gasteiger partial charge on any atom is -0.481 e. The third-order valence-electron chi connectivity index (χ3n) is 15.6. The molecule has 14 amide bonds. The Kier molecular flexibility index (Phi) is 45.7. The van der Waals surface area contributed by atoms with E-state index in [-0.39, 0.29) is 92.3 Å². The van der Waals surface area contributed by atoms with Crippen LogP contribution in [0, 0.1) is 0 Å². The van der Waals surface area contributed by atoms with Gasteiger partial charge in [-0.1, -0.05) is 71.0 Å². The van der Waals surface area contributed by atoms with Crippen molar-refractivity contribution in [2.24, 2.45) is 16.5 Å². The molecular formula is C67H101N17O23S4. The molecule has 44 heteroatoms. The molecular weight excluding hydrogens is 1540 g/mol. The van der Waals surface area contributed by atoms with Crippen molar-refractivity contribution in [2.75, 3.05) is 115 Å². The second-order valence-electron chi connectivity index (χ2n) is 24.5. The first-order valence-corrected chi connectivity index (χ1v) is 39.8. The van der Waals surface area contributed by atoms with Crippen molar-refractivity contribution in [2.45, 2.75) is 132 Å². The summed E-state index contributed by atoms with van der Waals surface area (Å²) in [6.07, 6.45) is -0.684. The summed E-state index contributed by atoms with van der Waals surface area (Å²) >= 11 is 2.03. The van der Waals surface area contributed by atoms with Crippen LogP contribution in [0.3, 0.4) is 0 Å². The lowest BCUT2D eigenvalue weighted by molar-refractivity contribution is -0.143. The zero-order valence-electron chi connectivity index (χ0n) is 62.1. The van der Waals surface area contributed by atoms with E-state index in [9.17, 15) is 91.7 Å². The van der Waals surface area contributed by atoms with Gasteiger partial charge in [-0.05, 0) is 62.3 Å². The molecule has 40 nitrogen and oxygen atoms in total. The quantitative estimate of drug-likeness (QED) is 0.00997. The maximum Gasteiger partial charge on any atom is 0.322 e. The SMILES string of the molecule is CCCOCCNC(=O)CCCC(NC(=O)CSC(C)OCC)C(=O)NCC(=O)NCC(=O)O.COCCNC(=O)CNC(=O)[C@@H]1CSCC(=O)N[C@@H](CC(=O)O)C(=O)N[C@H]2CSSC[C@H](NC(=O)[C@H](CC(=O)O)NC(=O)CNC(=O)[C@H](CCCN=C(N)N)N(C)C2=O)C(=O)N[C@@H](Cc2cccc3ccccc23)C(=O)N1. The molecule has 2 bridgehead atoms. The summed E-state index contributed by atoms with van der Waals surface area (Å²) in [5.41, 5.74) is 11.3. The second-order valence-corrected chi connectivity index (χ2v) is 29.4. The highest BCUT2D eigenvalue weighted by Crippen LogP contribution is 2.26. The largest absolute Gasteiger partial charge is 0.481 e. The standard InChI is InChI=1S/C46H63N13O15S3.C21H38N4O8S/c1-59-33(11-6-12-50-46(47)48)44(72)52-19-35(61)53-28(16-37(63)64)41(69)57-31-21-76-77-22-32(45(59)73)58-42(70)29(17-38(65)66)54-36(62)23-75-20-30(39(67)51-18-34(60)49-13-14-74-2)56-40(68)27(55-43(31)71)15-25-9-5-8-24-7-3-4-10-26(24)25;1-4-10-32-11-9-22-17(26)8-6-7-16(25-19(28)14-34-15(3)33-5-2)21(31)24-12-18(27)23-13-20(29)30/h3-5,7-10,27-33H,6,11-23H2,1-2H3,(H,49,60)(H,51,67)(H,52,72)(H,53,61)(H,54,62)(H,55,71)(H,56,68)(H,57,69)(H,58,70)(H,63,64)(H,65,66)(H4,47,48,50);15-16H,4-14H2,1-3H3,(H,22,26)(H,23,27)(H,24,31)(H,25,28)(H,29,30)/t27-,28-,29-,30-,31-,32-,33-;/m0./s1. The average molecular weight is 1640 g/mol. The maximum atomic E-state index is 14.6. The molecule has 2 aliphatic rings. The van der Waals surface area contributed by atoms with Crippen LogP contribution in [0.1, 0.15) is 77.7 Å². The molecule has 616 valence electrons. The Hall–Kier alpha value is -9.76. The number of nitrogens with one attached hydrogen (secondary N) is 13. The molecule has 2 aromatic rings. The van der Waals surface area contributed by atoms with E-state index in [0.29, 0.717) is 43.7 Å². The Labute approximate surface area is 656 Å². The van der Waals surface area contributed by atoms with Gasteiger partial charge in [0.2, 0.25) is 82.7 Å². The maximum absolute atomic E-state index is 14.6. The number of aliphatic carboxylic acids is 3. The summed E-state index contributed by atoms with van der Waals surface area (Å²) in [5.74, 6) is -17.6. The molecule has 2 fully saturated rings. The van der Waals surface area contributed by atoms with Crippen molar-refractivity contribution < 1.29 is 111 Å². The van der Waals surface area contributed by atoms with E-state index < -0.39 is 188 Å². The highest BCUT2D eigenvalue weighted by molar-refractivity contribution is 8.76. The summed E-state index contributed by atoms with van der Waals surface area (Å²) in [6, 6.07) is 0.0423. The average Bonchev–Trinajstić information content (AvgIpc) is 0.931. The normalized spacial score (nSPS) is 19.7. The van der Waals surface area contributed by atoms with Crippen LogP contribution in [0.4, 0.5) is 0 Å². The number of methoxy groups -OCH3 is 1. The van der Waals surface area contributed by atoms with Gasteiger partial charge in [-0.15, -0.1) is 23.5 Å². The smallest absolute Gasteiger partial charge is 0.322 e. The summed E-state index contributed by atoms with van der Waals surface area (Å²) in [5, 5.41) is 61.6. The Morgan fingerprint density at radius 1 is 0.658 bits per heavy atom. The van der Waals surface area contributed by atoms with Gasteiger partial charge in [0.25, 0.3) is 0 Å². The number of nitrogens with zero attached hydrogens (tertiary/aromatic N) is 2.